The van der Waals surface area contributed by atoms with Gasteiger partial charge in [-0.15, -0.1) is 0 Å². The van der Waals surface area contributed by atoms with Gasteiger partial charge in [0.2, 0.25) is 0 Å². The van der Waals surface area contributed by atoms with Gasteiger partial charge in [0, 0.05) is 31.7 Å². The summed E-state index contributed by atoms with van der Waals surface area (Å²) in [5, 5.41) is 0.0206. The average molecular weight is 255 g/mol. The molecule has 0 atom stereocenters. The molecule has 17 heavy (non-hydrogen) atoms. The number of nitrogens with one attached hydrogen (secondary N) is 1. The lowest BCUT2D eigenvalue weighted by Gasteiger charge is -2.05. The van der Waals surface area contributed by atoms with Crippen molar-refractivity contribution in [2.24, 2.45) is 0 Å². The van der Waals surface area contributed by atoms with Crippen molar-refractivity contribution in [2.75, 3.05) is 0 Å². The molecule has 2 rings (SSSR count). The number of rotatable bonds is 4. The van der Waals surface area contributed by atoms with Crippen molar-refractivity contribution in [3.63, 3.8) is 0 Å². The minimum atomic E-state index is -0.553. The Kier molecular flexibility index (Phi) is 3.43. The number of nitrogens with zero attached hydrogens (tertiary/aromatic N) is 3. The summed E-state index contributed by atoms with van der Waals surface area (Å²) in [5.74, 6) is 0. The van der Waals surface area contributed by atoms with Crippen LogP contribution in [0, 0.1) is 0 Å². The molecule has 90 valence electrons. The second-order valence-electron chi connectivity index (χ2n) is 3.58. The van der Waals surface area contributed by atoms with E-state index in [4.69, 9.17) is 11.6 Å². The Bertz CT molecular complexity index is 600. The van der Waals surface area contributed by atoms with E-state index in [0.29, 0.717) is 6.54 Å². The van der Waals surface area contributed by atoms with Crippen LogP contribution in [0.4, 0.5) is 0 Å². The molecule has 0 spiro atoms. The summed E-state index contributed by atoms with van der Waals surface area (Å²) in [4.78, 5) is 28.5. The molecule has 0 saturated heterocycles. The zero-order valence-electron chi connectivity index (χ0n) is 8.97. The van der Waals surface area contributed by atoms with E-state index in [1.165, 1.54) is 10.8 Å². The van der Waals surface area contributed by atoms with E-state index in [0.717, 1.165) is 13.0 Å². The van der Waals surface area contributed by atoms with Crippen molar-refractivity contribution in [3.8, 4) is 0 Å². The highest BCUT2D eigenvalue weighted by atomic mass is 35.5. The molecule has 2 aromatic heterocycles. The molecule has 0 amide bonds. The number of aryl methyl sites for hydroxylation is 2. The molecule has 0 aliphatic rings. The van der Waals surface area contributed by atoms with E-state index in [1.54, 1.807) is 12.5 Å². The fraction of sp³-hybridized carbons (Fsp3) is 0.300. The van der Waals surface area contributed by atoms with Gasteiger partial charge in [0.25, 0.3) is 5.56 Å². The van der Waals surface area contributed by atoms with E-state index < -0.39 is 11.2 Å². The Morgan fingerprint density at radius 1 is 1.35 bits per heavy atom. The molecular formula is C10H11ClN4O2. The smallest absolute Gasteiger partial charge is 0.328 e. The van der Waals surface area contributed by atoms with Crippen LogP contribution >= 0.6 is 11.6 Å². The number of hydrogen-bond acceptors (Lipinski definition) is 3. The normalized spacial score (nSPS) is 10.6. The van der Waals surface area contributed by atoms with E-state index in [-0.39, 0.29) is 5.02 Å². The van der Waals surface area contributed by atoms with E-state index in [2.05, 4.69) is 9.97 Å². The molecule has 2 aromatic rings. The number of imidazole rings is 1. The largest absolute Gasteiger partial charge is 0.337 e. The highest BCUT2D eigenvalue weighted by Crippen LogP contribution is 1.98. The lowest BCUT2D eigenvalue weighted by Crippen LogP contribution is -2.29. The van der Waals surface area contributed by atoms with Crippen molar-refractivity contribution >= 4 is 11.6 Å². The van der Waals surface area contributed by atoms with Gasteiger partial charge in [0.15, 0.2) is 0 Å². The molecule has 7 heteroatoms. The number of H-pyrrole nitrogens is 1. The lowest BCUT2D eigenvalue weighted by molar-refractivity contribution is 0.544. The first-order chi connectivity index (χ1) is 8.16. The standard InChI is InChI=1S/C10H11ClN4O2/c11-8-6-15(10(17)13-9(8)16)4-1-3-14-5-2-12-7-14/h2,5-7H,1,3-4H2,(H,13,16,17). The minimum Gasteiger partial charge on any atom is -0.337 e. The van der Waals surface area contributed by atoms with Crippen LogP contribution in [0.25, 0.3) is 0 Å². The molecule has 2 heterocycles. The maximum Gasteiger partial charge on any atom is 0.328 e. The predicted octanol–water partition coefficient (Wildman–Crippen LogP) is 0.477. The summed E-state index contributed by atoms with van der Waals surface area (Å²) in [7, 11) is 0. The summed E-state index contributed by atoms with van der Waals surface area (Å²) < 4.78 is 3.30. The van der Waals surface area contributed by atoms with Crippen molar-refractivity contribution in [2.45, 2.75) is 19.5 Å². The Morgan fingerprint density at radius 2 is 2.18 bits per heavy atom. The Hall–Kier alpha value is -1.82. The predicted molar refractivity (Wildman–Crippen MR) is 63.2 cm³/mol. The van der Waals surface area contributed by atoms with Gasteiger partial charge in [0.05, 0.1) is 6.33 Å². The van der Waals surface area contributed by atoms with Gasteiger partial charge in [0.1, 0.15) is 5.02 Å². The van der Waals surface area contributed by atoms with Gasteiger partial charge >= 0.3 is 5.69 Å². The lowest BCUT2D eigenvalue weighted by atomic mass is 10.4. The highest BCUT2D eigenvalue weighted by Gasteiger charge is 2.01. The Balaban J connectivity index is 2.02. The van der Waals surface area contributed by atoms with Crippen molar-refractivity contribution in [1.29, 1.82) is 0 Å². The van der Waals surface area contributed by atoms with Crippen LogP contribution < -0.4 is 11.2 Å². The maximum absolute atomic E-state index is 11.4. The van der Waals surface area contributed by atoms with Crippen LogP contribution in [-0.4, -0.2) is 19.1 Å². The molecule has 0 radical (unpaired) electrons. The topological polar surface area (TPSA) is 72.7 Å². The van der Waals surface area contributed by atoms with Gasteiger partial charge < -0.3 is 4.57 Å². The van der Waals surface area contributed by atoms with Gasteiger partial charge in [-0.1, -0.05) is 11.6 Å². The van der Waals surface area contributed by atoms with Crippen LogP contribution in [0.5, 0.6) is 0 Å². The van der Waals surface area contributed by atoms with Gasteiger partial charge in [-0.3, -0.25) is 14.3 Å². The van der Waals surface area contributed by atoms with Crippen LogP contribution in [0.3, 0.4) is 0 Å². The maximum atomic E-state index is 11.4. The van der Waals surface area contributed by atoms with Crippen molar-refractivity contribution in [3.05, 3.63) is 50.8 Å². The second-order valence-corrected chi connectivity index (χ2v) is 3.99. The van der Waals surface area contributed by atoms with Gasteiger partial charge in [-0.05, 0) is 6.42 Å². The van der Waals surface area contributed by atoms with Crippen LogP contribution in [0.1, 0.15) is 6.42 Å². The Morgan fingerprint density at radius 3 is 2.88 bits per heavy atom. The third-order valence-corrected chi connectivity index (χ3v) is 2.61. The molecule has 0 bridgehead atoms. The molecule has 0 aliphatic carbocycles. The van der Waals surface area contributed by atoms with Gasteiger partial charge in [-0.25, -0.2) is 9.78 Å². The fourth-order valence-corrected chi connectivity index (χ4v) is 1.66. The molecule has 1 N–H and O–H groups in total. The van der Waals surface area contributed by atoms with E-state index in [1.807, 2.05) is 10.8 Å². The molecule has 6 nitrogen and oxygen atoms in total. The monoisotopic (exact) mass is 254 g/mol. The zero-order chi connectivity index (χ0) is 12.3. The highest BCUT2D eigenvalue weighted by molar-refractivity contribution is 6.30. The second kappa shape index (κ2) is 5.01. The molecule has 0 fully saturated rings. The van der Waals surface area contributed by atoms with Gasteiger partial charge in [-0.2, -0.15) is 0 Å². The first-order valence-corrected chi connectivity index (χ1v) is 5.49. The van der Waals surface area contributed by atoms with Crippen molar-refractivity contribution in [1.82, 2.24) is 19.1 Å². The summed E-state index contributed by atoms with van der Waals surface area (Å²) in [5.41, 5.74) is -0.993. The molecule has 0 saturated carbocycles. The summed E-state index contributed by atoms with van der Waals surface area (Å²) in [6.07, 6.45) is 7.36. The minimum absolute atomic E-state index is 0.0206. The molecule has 0 aliphatic heterocycles. The summed E-state index contributed by atoms with van der Waals surface area (Å²) in [6.45, 7) is 1.25. The summed E-state index contributed by atoms with van der Waals surface area (Å²) >= 11 is 5.65. The summed E-state index contributed by atoms with van der Waals surface area (Å²) in [6, 6.07) is 0. The third-order valence-electron chi connectivity index (χ3n) is 2.34. The number of halogens is 1. The third kappa shape index (κ3) is 2.85. The van der Waals surface area contributed by atoms with E-state index >= 15 is 0 Å². The van der Waals surface area contributed by atoms with Crippen LogP contribution in [0.15, 0.2) is 34.5 Å². The first kappa shape index (κ1) is 11.7. The van der Waals surface area contributed by atoms with Crippen LogP contribution in [0.2, 0.25) is 5.02 Å². The fourth-order valence-electron chi connectivity index (χ4n) is 1.49. The molecule has 0 unspecified atom stereocenters. The molecular weight excluding hydrogens is 244 g/mol. The number of hydrogen-bond donors (Lipinski definition) is 1. The van der Waals surface area contributed by atoms with E-state index in [9.17, 15) is 9.59 Å². The zero-order valence-corrected chi connectivity index (χ0v) is 9.72. The SMILES string of the molecule is O=c1[nH]c(=O)n(CCCn2ccnc2)cc1Cl. The van der Waals surface area contributed by atoms with Crippen LogP contribution in [-0.2, 0) is 13.1 Å². The van der Waals surface area contributed by atoms with Crippen molar-refractivity contribution < 1.29 is 0 Å². The average Bonchev–Trinajstić information content (AvgIpc) is 2.78. The first-order valence-electron chi connectivity index (χ1n) is 5.12. The number of aromatic amines is 1. The quantitative estimate of drug-likeness (QED) is 0.862. The number of aromatic nitrogens is 4. The Labute approximate surface area is 101 Å². The molecule has 0 aromatic carbocycles.